The van der Waals surface area contributed by atoms with Crippen LogP contribution in [0.5, 0.6) is 0 Å². The second-order valence-corrected chi connectivity index (χ2v) is 4.25. The summed E-state index contributed by atoms with van der Waals surface area (Å²) in [6, 6.07) is 0.977. The molecule has 0 radical (unpaired) electrons. The number of nitrogens with zero attached hydrogens (tertiary/aromatic N) is 1. The predicted octanol–water partition coefficient (Wildman–Crippen LogP) is -0.466. The van der Waals surface area contributed by atoms with Crippen molar-refractivity contribution in [3.05, 3.63) is 18.5 Å². The van der Waals surface area contributed by atoms with Crippen LogP contribution < -0.4 is 4.72 Å². The normalized spacial score (nSPS) is 13.6. The maximum absolute atomic E-state index is 10.7. The van der Waals surface area contributed by atoms with E-state index in [1.165, 1.54) is 0 Å². The monoisotopic (exact) mass is 237 g/mol. The third-order valence-electron chi connectivity index (χ3n) is 1.25. The first-order valence-electron chi connectivity index (χ1n) is 3.18. The van der Waals surface area contributed by atoms with Crippen molar-refractivity contribution in [2.45, 2.75) is 4.90 Å². The number of anilines is 1. The highest BCUT2D eigenvalue weighted by molar-refractivity contribution is 7.86. The van der Waals surface area contributed by atoms with Crippen molar-refractivity contribution in [1.82, 2.24) is 4.98 Å². The summed E-state index contributed by atoms with van der Waals surface area (Å²) in [6.45, 7) is 0. The van der Waals surface area contributed by atoms with Crippen molar-refractivity contribution < 1.29 is 21.7 Å². The van der Waals surface area contributed by atoms with E-state index in [-0.39, 0.29) is 5.69 Å². The van der Waals surface area contributed by atoms with Crippen LogP contribution >= 0.6 is 0 Å². The van der Waals surface area contributed by atoms with E-state index in [4.69, 9.17) is 4.55 Å². The van der Waals surface area contributed by atoms with E-state index >= 15 is 0 Å². The van der Waals surface area contributed by atoms with Gasteiger partial charge >= 0.3 is 0 Å². The molecular formula is C5H5N2O5S2-. The average Bonchev–Trinajstić information content (AvgIpc) is 2.01. The van der Waals surface area contributed by atoms with Crippen molar-refractivity contribution in [3.63, 3.8) is 0 Å². The van der Waals surface area contributed by atoms with E-state index in [9.17, 15) is 17.2 Å². The SMILES string of the molecule is O=S([O-])Nc1cnccc1S(=O)(=O)O. The highest BCUT2D eigenvalue weighted by Crippen LogP contribution is 2.18. The number of aromatic nitrogens is 1. The van der Waals surface area contributed by atoms with Gasteiger partial charge in [0, 0.05) is 17.5 Å². The lowest BCUT2D eigenvalue weighted by Gasteiger charge is -2.10. The molecule has 0 spiro atoms. The Morgan fingerprint density at radius 3 is 2.71 bits per heavy atom. The van der Waals surface area contributed by atoms with Crippen molar-refractivity contribution in [2.24, 2.45) is 0 Å². The molecule has 0 aliphatic heterocycles. The van der Waals surface area contributed by atoms with Crippen LogP contribution in [0.4, 0.5) is 5.69 Å². The minimum atomic E-state index is -4.45. The minimum absolute atomic E-state index is 0.302. The van der Waals surface area contributed by atoms with Gasteiger partial charge in [-0.15, -0.1) is 0 Å². The molecule has 78 valence electrons. The van der Waals surface area contributed by atoms with Crippen LogP contribution in [0.3, 0.4) is 0 Å². The molecule has 1 atom stereocenters. The molecule has 1 unspecified atom stereocenters. The molecule has 2 N–H and O–H groups in total. The zero-order chi connectivity index (χ0) is 10.8. The maximum Gasteiger partial charge on any atom is 0.296 e. The molecule has 0 fully saturated rings. The van der Waals surface area contributed by atoms with E-state index in [1.807, 2.05) is 0 Å². The molecule has 1 aromatic heterocycles. The lowest BCUT2D eigenvalue weighted by molar-refractivity contribution is 0.483. The average molecular weight is 237 g/mol. The fourth-order valence-electron chi connectivity index (χ4n) is 0.773. The van der Waals surface area contributed by atoms with Crippen LogP contribution in [0.25, 0.3) is 0 Å². The Labute approximate surface area is 82.3 Å². The summed E-state index contributed by atoms with van der Waals surface area (Å²) in [5, 5.41) is 0. The van der Waals surface area contributed by atoms with Gasteiger partial charge < -0.3 is 9.27 Å². The van der Waals surface area contributed by atoms with Gasteiger partial charge in [0.05, 0.1) is 11.9 Å². The second kappa shape index (κ2) is 4.00. The summed E-state index contributed by atoms with van der Waals surface area (Å²) in [5.41, 5.74) is -0.302. The lowest BCUT2D eigenvalue weighted by atomic mass is 10.4. The van der Waals surface area contributed by atoms with Crippen molar-refractivity contribution >= 4 is 27.1 Å². The quantitative estimate of drug-likeness (QED) is 0.542. The van der Waals surface area contributed by atoms with Crippen molar-refractivity contribution in [1.29, 1.82) is 0 Å². The predicted molar refractivity (Wildman–Crippen MR) is 46.6 cm³/mol. The Kier molecular flexibility index (Phi) is 3.16. The topological polar surface area (TPSA) is 119 Å². The smallest absolute Gasteiger partial charge is 0.296 e. The van der Waals surface area contributed by atoms with Gasteiger partial charge in [-0.25, -0.2) is 0 Å². The zero-order valence-electron chi connectivity index (χ0n) is 6.58. The minimum Gasteiger partial charge on any atom is -0.755 e. The number of nitrogens with one attached hydrogen (secondary N) is 1. The second-order valence-electron chi connectivity index (χ2n) is 2.18. The molecule has 0 aromatic carbocycles. The van der Waals surface area contributed by atoms with Crippen LogP contribution in [-0.4, -0.2) is 26.7 Å². The molecule has 1 aromatic rings. The molecule has 14 heavy (non-hydrogen) atoms. The Bertz CT molecular complexity index is 457. The number of pyridine rings is 1. The molecule has 0 bridgehead atoms. The van der Waals surface area contributed by atoms with Crippen molar-refractivity contribution in [3.8, 4) is 0 Å². The molecule has 9 heteroatoms. The molecule has 0 saturated carbocycles. The number of rotatable bonds is 3. The van der Waals surface area contributed by atoms with Gasteiger partial charge in [-0.2, -0.15) is 8.42 Å². The third-order valence-corrected chi connectivity index (χ3v) is 2.55. The van der Waals surface area contributed by atoms with Gasteiger partial charge in [-0.1, -0.05) is 0 Å². The molecule has 1 rings (SSSR count). The van der Waals surface area contributed by atoms with Gasteiger partial charge in [0.1, 0.15) is 4.90 Å². The molecule has 0 saturated heterocycles. The van der Waals surface area contributed by atoms with Gasteiger partial charge in [-0.3, -0.25) is 13.7 Å². The Hall–Kier alpha value is -1.03. The van der Waals surface area contributed by atoms with Crippen LogP contribution in [-0.2, 0) is 21.4 Å². The van der Waals surface area contributed by atoms with Crippen LogP contribution in [0.1, 0.15) is 0 Å². The molecule has 7 nitrogen and oxygen atoms in total. The maximum atomic E-state index is 10.7. The van der Waals surface area contributed by atoms with E-state index in [0.29, 0.717) is 0 Å². The summed E-state index contributed by atoms with van der Waals surface area (Å²) < 4.78 is 52.4. The molecule has 0 amide bonds. The highest BCUT2D eigenvalue weighted by Gasteiger charge is 2.14. The van der Waals surface area contributed by atoms with Crippen LogP contribution in [0, 0.1) is 0 Å². The Morgan fingerprint density at radius 2 is 2.21 bits per heavy atom. The largest absolute Gasteiger partial charge is 0.755 e. The van der Waals surface area contributed by atoms with Crippen LogP contribution in [0.15, 0.2) is 23.4 Å². The van der Waals surface area contributed by atoms with E-state index in [2.05, 4.69) is 4.98 Å². The first-order chi connectivity index (χ1) is 6.41. The Balaban J connectivity index is 3.23. The number of hydrogen-bond acceptors (Lipinski definition) is 5. The fraction of sp³-hybridized carbons (Fsp3) is 0. The first-order valence-corrected chi connectivity index (χ1v) is 5.70. The van der Waals surface area contributed by atoms with Crippen molar-refractivity contribution in [2.75, 3.05) is 4.72 Å². The standard InChI is InChI=1S/C5H6N2O5S2/c8-13(9)7-4-3-6-2-1-5(4)14(10,11)12/h1-3,7H,(H,8,9)(H,10,11,12)/p-1. The lowest BCUT2D eigenvalue weighted by Crippen LogP contribution is -2.08. The fourth-order valence-corrected chi connectivity index (χ4v) is 1.79. The van der Waals surface area contributed by atoms with Gasteiger partial charge in [-0.05, 0) is 6.07 Å². The van der Waals surface area contributed by atoms with Gasteiger partial charge in [0.15, 0.2) is 0 Å². The molecule has 0 aliphatic carbocycles. The third kappa shape index (κ3) is 2.73. The summed E-state index contributed by atoms with van der Waals surface area (Å²) in [4.78, 5) is 2.96. The summed E-state index contributed by atoms with van der Waals surface area (Å²) in [6.07, 6.45) is 2.08. The molecule has 1 heterocycles. The molecular weight excluding hydrogens is 232 g/mol. The van der Waals surface area contributed by atoms with E-state index in [0.717, 1.165) is 18.5 Å². The zero-order valence-corrected chi connectivity index (χ0v) is 8.21. The summed E-state index contributed by atoms with van der Waals surface area (Å²) >= 11 is -2.68. The van der Waals surface area contributed by atoms with Crippen LogP contribution in [0.2, 0.25) is 0 Å². The highest BCUT2D eigenvalue weighted by atomic mass is 32.2. The molecule has 0 aliphatic rings. The summed E-state index contributed by atoms with van der Waals surface area (Å²) in [7, 11) is -4.45. The number of hydrogen-bond donors (Lipinski definition) is 2. The Morgan fingerprint density at radius 1 is 1.57 bits per heavy atom. The van der Waals surface area contributed by atoms with E-state index < -0.39 is 26.3 Å². The van der Waals surface area contributed by atoms with E-state index in [1.54, 1.807) is 4.72 Å². The van der Waals surface area contributed by atoms with Gasteiger partial charge in [0.25, 0.3) is 10.1 Å². The van der Waals surface area contributed by atoms with Gasteiger partial charge in [0.2, 0.25) is 0 Å². The summed E-state index contributed by atoms with van der Waals surface area (Å²) in [5.74, 6) is 0. The first kappa shape index (κ1) is 11.0.